The summed E-state index contributed by atoms with van der Waals surface area (Å²) in [5, 5.41) is 4.11. The van der Waals surface area contributed by atoms with Crippen LogP contribution in [0.5, 0.6) is 0 Å². The minimum Gasteiger partial charge on any atom is -0.378 e. The number of morpholine rings is 1. The van der Waals surface area contributed by atoms with Gasteiger partial charge in [-0.2, -0.15) is 17.9 Å². The first kappa shape index (κ1) is 25.3. The van der Waals surface area contributed by atoms with Crippen LogP contribution in [-0.4, -0.2) is 94.4 Å². The summed E-state index contributed by atoms with van der Waals surface area (Å²) in [5.41, 5.74) is 0.731. The van der Waals surface area contributed by atoms with Crippen LogP contribution in [0.2, 0.25) is 0 Å². The lowest BCUT2D eigenvalue weighted by Gasteiger charge is -2.36. The van der Waals surface area contributed by atoms with Gasteiger partial charge in [-0.05, 0) is 29.6 Å². The fraction of sp³-hybridized carbons (Fsp3) is 0.500. The maximum atomic E-state index is 13.4. The highest BCUT2D eigenvalue weighted by Gasteiger charge is 2.32. The van der Waals surface area contributed by atoms with Crippen LogP contribution in [0.25, 0.3) is 0 Å². The minimum absolute atomic E-state index is 0.291. The zero-order valence-corrected chi connectivity index (χ0v) is 20.3. The molecule has 2 aliphatic rings. The van der Waals surface area contributed by atoms with E-state index in [1.807, 2.05) is 4.90 Å². The number of benzene rings is 1. The van der Waals surface area contributed by atoms with Crippen molar-refractivity contribution in [3.63, 3.8) is 0 Å². The first-order chi connectivity index (χ1) is 16.5. The molecule has 2 saturated heterocycles. The predicted octanol–water partition coefficient (Wildman–Crippen LogP) is 2.20. The van der Waals surface area contributed by atoms with E-state index in [0.717, 1.165) is 11.8 Å². The van der Waals surface area contributed by atoms with Gasteiger partial charge < -0.3 is 14.5 Å². The number of alkyl halides is 3. The van der Waals surface area contributed by atoms with Crippen LogP contribution in [0, 0.1) is 0 Å². The van der Waals surface area contributed by atoms with E-state index in [2.05, 4.69) is 20.6 Å². The Hall–Kier alpha value is -2.77. The summed E-state index contributed by atoms with van der Waals surface area (Å²) in [6, 6.07) is 5.13. The third-order valence-electron chi connectivity index (χ3n) is 5.90. The average Bonchev–Trinajstić information content (AvgIpc) is 3.26. The Morgan fingerprint density at radius 2 is 1.83 bits per heavy atom. The Morgan fingerprint density at radius 3 is 2.46 bits per heavy atom. The van der Waals surface area contributed by atoms with Crippen LogP contribution in [0.15, 0.2) is 30.5 Å². The van der Waals surface area contributed by atoms with E-state index in [-0.39, 0.29) is 6.03 Å². The average molecular weight is 515 g/mol. The largest absolute Gasteiger partial charge is 0.416 e. The van der Waals surface area contributed by atoms with E-state index < -0.39 is 21.4 Å². The molecular formula is C22H29F3N6O3S. The molecule has 1 N–H and O–H groups in total. The van der Waals surface area contributed by atoms with E-state index >= 15 is 0 Å². The van der Waals surface area contributed by atoms with Gasteiger partial charge in [0.2, 0.25) is 0 Å². The van der Waals surface area contributed by atoms with Crippen molar-refractivity contribution in [1.82, 2.24) is 19.6 Å². The molecule has 3 heterocycles. The normalized spacial score (nSPS) is 19.4. The molecule has 0 bridgehead atoms. The van der Waals surface area contributed by atoms with Crippen LogP contribution in [-0.2, 0) is 27.2 Å². The summed E-state index contributed by atoms with van der Waals surface area (Å²) >= 11 is 0. The van der Waals surface area contributed by atoms with Crippen LogP contribution in [0.3, 0.4) is 0 Å². The maximum absolute atomic E-state index is 13.4. The quantitative estimate of drug-likeness (QED) is 0.617. The van der Waals surface area contributed by atoms with Gasteiger partial charge in [0.05, 0.1) is 18.8 Å². The molecule has 4 rings (SSSR count). The molecule has 2 aliphatic heterocycles. The first-order valence-electron chi connectivity index (χ1n) is 11.2. The molecule has 1 atom stereocenters. The molecule has 2 fully saturated rings. The van der Waals surface area contributed by atoms with Gasteiger partial charge in [-0.1, -0.05) is 0 Å². The zero-order valence-electron chi connectivity index (χ0n) is 19.5. The summed E-state index contributed by atoms with van der Waals surface area (Å²) in [6.45, 7) is 4.53. The molecule has 13 heteroatoms. The van der Waals surface area contributed by atoms with Gasteiger partial charge in [0, 0.05) is 79.7 Å². The van der Waals surface area contributed by atoms with Crippen molar-refractivity contribution < 1.29 is 26.9 Å². The molecule has 0 aliphatic carbocycles. The summed E-state index contributed by atoms with van der Waals surface area (Å²) in [4.78, 5) is 18.6. The van der Waals surface area contributed by atoms with Gasteiger partial charge in [0.25, 0.3) is 0 Å². The molecule has 1 unspecified atom stereocenters. The van der Waals surface area contributed by atoms with Crippen molar-refractivity contribution in [2.24, 2.45) is 0 Å². The number of carbonyl (C=O) groups is 1. The maximum Gasteiger partial charge on any atom is 0.416 e. The molecule has 0 radical (unpaired) electrons. The number of carbonyl (C=O) groups excluding carboxylic acids is 1. The highest BCUT2D eigenvalue weighted by molar-refractivity contribution is 8.00. The summed E-state index contributed by atoms with van der Waals surface area (Å²) in [6.07, 6.45) is -1.50. The number of piperazine rings is 1. The van der Waals surface area contributed by atoms with Gasteiger partial charge in [0.1, 0.15) is 0 Å². The predicted molar refractivity (Wildman–Crippen MR) is 129 cm³/mol. The van der Waals surface area contributed by atoms with E-state index in [9.17, 15) is 22.2 Å². The van der Waals surface area contributed by atoms with Crippen molar-refractivity contribution in [3.8, 4) is 0 Å². The number of halogens is 3. The fourth-order valence-corrected chi connectivity index (χ4v) is 4.74. The van der Waals surface area contributed by atoms with Crippen molar-refractivity contribution in [2.45, 2.75) is 12.7 Å². The Balaban J connectivity index is 1.42. The standard InChI is InChI=1S/C22H29F3N6O3S/c1-35(2,33)27-20-5-6-31(26-20)21(32)30-9-7-28(8-10-30)16-17-15-18(22(23,24)25)3-4-19(17)29-11-13-34-14-12-29/h3-6,15H,1,7-14,16H2,2H3,(H,26,27,33). The van der Waals surface area contributed by atoms with E-state index in [1.165, 1.54) is 23.2 Å². The smallest absolute Gasteiger partial charge is 0.378 e. The Kier molecular flexibility index (Phi) is 7.29. The highest BCUT2D eigenvalue weighted by atomic mass is 32.2. The molecule has 35 heavy (non-hydrogen) atoms. The van der Waals surface area contributed by atoms with Gasteiger partial charge in [-0.15, -0.1) is 5.10 Å². The summed E-state index contributed by atoms with van der Waals surface area (Å²) in [7, 11) is -2.51. The Morgan fingerprint density at radius 1 is 1.14 bits per heavy atom. The first-order valence-corrected chi connectivity index (χ1v) is 13.3. The second-order valence-corrected chi connectivity index (χ2v) is 11.0. The highest BCUT2D eigenvalue weighted by Crippen LogP contribution is 2.34. The lowest BCUT2D eigenvalue weighted by Crippen LogP contribution is -2.49. The van der Waals surface area contributed by atoms with Crippen LogP contribution >= 0.6 is 0 Å². The van der Waals surface area contributed by atoms with Crippen LogP contribution in [0.1, 0.15) is 11.1 Å². The second kappa shape index (κ2) is 10.1. The Labute approximate surface area is 202 Å². The number of amides is 1. The SMILES string of the molecule is C=S(C)(=O)Nc1ccn(C(=O)N2CCN(Cc3cc(C(F)(F)F)ccc3N3CCOCC3)CC2)n1. The van der Waals surface area contributed by atoms with Crippen molar-refractivity contribution in [1.29, 1.82) is 0 Å². The topological polar surface area (TPSA) is 82.9 Å². The number of nitrogens with one attached hydrogen (secondary N) is 1. The minimum atomic E-state index is -4.42. The lowest BCUT2D eigenvalue weighted by atomic mass is 10.1. The fourth-order valence-electron chi connectivity index (χ4n) is 4.19. The Bertz CT molecular complexity index is 1150. The molecule has 9 nitrogen and oxygen atoms in total. The third-order valence-corrected chi connectivity index (χ3v) is 6.54. The van der Waals surface area contributed by atoms with Crippen LogP contribution in [0.4, 0.5) is 29.5 Å². The molecular weight excluding hydrogens is 485 g/mol. The number of aromatic nitrogens is 2. The van der Waals surface area contributed by atoms with Gasteiger partial charge in [-0.25, -0.2) is 9.00 Å². The molecule has 192 valence electrons. The number of anilines is 2. The molecule has 0 saturated carbocycles. The monoisotopic (exact) mass is 514 g/mol. The molecule has 0 spiro atoms. The molecule has 1 aromatic carbocycles. The molecule has 1 aromatic heterocycles. The van der Waals surface area contributed by atoms with Gasteiger partial charge in [-0.3, -0.25) is 9.62 Å². The van der Waals surface area contributed by atoms with Crippen molar-refractivity contribution >= 4 is 33.1 Å². The van der Waals surface area contributed by atoms with Crippen molar-refractivity contribution in [3.05, 3.63) is 41.6 Å². The van der Waals surface area contributed by atoms with E-state index in [0.29, 0.717) is 70.4 Å². The van der Waals surface area contributed by atoms with E-state index in [4.69, 9.17) is 4.74 Å². The number of rotatable bonds is 5. The van der Waals surface area contributed by atoms with Gasteiger partial charge in [0.15, 0.2) is 5.82 Å². The number of ether oxygens (including phenoxy) is 1. The summed E-state index contributed by atoms with van der Waals surface area (Å²) in [5.74, 6) is 3.79. The van der Waals surface area contributed by atoms with Gasteiger partial charge >= 0.3 is 12.2 Å². The van der Waals surface area contributed by atoms with Crippen molar-refractivity contribution in [2.75, 3.05) is 68.4 Å². The molecule has 1 amide bonds. The number of nitrogens with zero attached hydrogens (tertiary/aromatic N) is 5. The number of hydrogen-bond acceptors (Lipinski definition) is 6. The third kappa shape index (κ3) is 6.47. The second-order valence-electron chi connectivity index (χ2n) is 8.74. The van der Waals surface area contributed by atoms with E-state index in [1.54, 1.807) is 17.0 Å². The van der Waals surface area contributed by atoms with Crippen LogP contribution < -0.4 is 9.62 Å². The molecule has 2 aromatic rings. The summed E-state index contributed by atoms with van der Waals surface area (Å²) < 4.78 is 61.2. The lowest BCUT2D eigenvalue weighted by molar-refractivity contribution is -0.137. The number of hydrogen-bond donors (Lipinski definition) is 1. The zero-order chi connectivity index (χ0) is 25.2.